The van der Waals surface area contributed by atoms with Crippen molar-refractivity contribution in [1.82, 2.24) is 9.97 Å². The van der Waals surface area contributed by atoms with Crippen LogP contribution in [-0.4, -0.2) is 36.5 Å². The van der Waals surface area contributed by atoms with Gasteiger partial charge in [0.1, 0.15) is 0 Å². The zero-order chi connectivity index (χ0) is 35.7. The van der Waals surface area contributed by atoms with Gasteiger partial charge < -0.3 is 0 Å². The minimum absolute atomic E-state index is 0. The van der Waals surface area contributed by atoms with Crippen LogP contribution in [0.3, 0.4) is 0 Å². The van der Waals surface area contributed by atoms with E-state index in [2.05, 4.69) is 150 Å². The zero-order valence-electron chi connectivity index (χ0n) is 31.3. The largest absolute Gasteiger partial charge is 0 e. The molecule has 1 radical (unpaired) electrons. The molecule has 4 aromatic carbocycles. The van der Waals surface area contributed by atoms with Crippen LogP contribution in [0, 0.1) is 17.5 Å². The van der Waals surface area contributed by atoms with Gasteiger partial charge in [0.15, 0.2) is 0 Å². The number of rotatable bonds is 6. The molecule has 3 aromatic heterocycles. The number of benzene rings is 4. The van der Waals surface area contributed by atoms with Crippen LogP contribution >= 0.6 is 0 Å². The van der Waals surface area contributed by atoms with Gasteiger partial charge in [-0.3, -0.25) is 0 Å². The van der Waals surface area contributed by atoms with Crippen LogP contribution in [0.2, 0.25) is 34.5 Å². The predicted octanol–water partition coefficient (Wildman–Crippen LogP) is 11.3. The number of nitrogens with zero attached hydrogens (tertiary/aromatic N) is 2. The van der Waals surface area contributed by atoms with Crippen molar-refractivity contribution in [1.29, 1.82) is 0 Å². The fourth-order valence-corrected chi connectivity index (χ4v) is 10.8. The summed E-state index contributed by atoms with van der Waals surface area (Å²) in [6.45, 7) is 6.78. The topological polar surface area (TPSA) is 38.9 Å². The minimum Gasteiger partial charge on any atom is 0 e. The van der Waals surface area contributed by atoms with Crippen LogP contribution in [0.1, 0.15) is 26.3 Å². The molecule has 0 atom stereocenters. The average molecular weight is 970 g/mol. The van der Waals surface area contributed by atoms with E-state index in [4.69, 9.17) is 4.42 Å². The van der Waals surface area contributed by atoms with E-state index in [1.165, 1.54) is 25.5 Å². The van der Waals surface area contributed by atoms with Crippen molar-refractivity contribution in [3.05, 3.63) is 133 Å². The first-order chi connectivity index (χ1) is 23.7. The molecule has 0 bridgehead atoms. The second-order valence-corrected chi connectivity index (χ2v) is 37.8. The Morgan fingerprint density at radius 3 is 1.98 bits per heavy atom. The Labute approximate surface area is 323 Å². The standard InChI is InChI=1S/C31H32GeNO.C14H16GeN.Ir/c1-31(2,3)20-21-16-17-33-28(18-21)27-9-7-8-26-25-15-12-23(19-29(25)34-30(26)27)22-10-13-24(14-11-22)32(4,5)6;1-15(2,3)13-9-10-14(16-11-13)12-7-5-4-6-8-12;/h7-8,10-19H,20H2,1-6H3;4-7,9-11H,1-3H3;/q2*-1;. The van der Waals surface area contributed by atoms with Gasteiger partial charge >= 0.3 is 255 Å². The van der Waals surface area contributed by atoms with Crippen molar-refractivity contribution in [2.75, 3.05) is 0 Å². The van der Waals surface area contributed by atoms with Gasteiger partial charge in [-0.25, -0.2) is 0 Å². The van der Waals surface area contributed by atoms with E-state index >= 15 is 0 Å². The Hall–Kier alpha value is -3.28. The SMILES string of the molecule is CC(C)(C)Cc1ccnc(-c2[c-]ccc3c2oc2cc(-c4cc[c]([Ge]([CH3])([CH3])[CH3])cc4)ccc23)c1.[CH3][Ge]([CH3])([CH3])[c]1ccc(-c2[c-]cccc2)nc1.[Ir]. The summed E-state index contributed by atoms with van der Waals surface area (Å²) in [6.07, 6.45) is 4.93. The summed E-state index contributed by atoms with van der Waals surface area (Å²) in [4.78, 5) is 9.20. The summed E-state index contributed by atoms with van der Waals surface area (Å²) < 4.78 is 9.42. The van der Waals surface area contributed by atoms with Gasteiger partial charge in [-0.15, -0.1) is 0 Å². The van der Waals surface area contributed by atoms with Crippen molar-refractivity contribution in [3.63, 3.8) is 0 Å². The third-order valence-electron chi connectivity index (χ3n) is 8.95. The second kappa shape index (κ2) is 15.8. The van der Waals surface area contributed by atoms with Crippen molar-refractivity contribution in [2.45, 2.75) is 61.7 Å². The smallest absolute Gasteiger partial charge is 0 e. The number of pyridine rings is 2. The quantitative estimate of drug-likeness (QED) is 0.123. The first-order valence-electron chi connectivity index (χ1n) is 17.5. The van der Waals surface area contributed by atoms with Gasteiger partial charge in [0, 0.05) is 26.3 Å². The third kappa shape index (κ3) is 9.59. The molecule has 0 amide bonds. The van der Waals surface area contributed by atoms with Gasteiger partial charge in [0.25, 0.3) is 0 Å². The molecule has 0 unspecified atom stereocenters. The van der Waals surface area contributed by atoms with Gasteiger partial charge in [-0.2, -0.15) is 0 Å². The molecule has 263 valence electrons. The van der Waals surface area contributed by atoms with E-state index in [1.807, 2.05) is 42.7 Å². The molecule has 3 heterocycles. The summed E-state index contributed by atoms with van der Waals surface area (Å²) in [5, 5.41) is 2.23. The Morgan fingerprint density at radius 2 is 1.35 bits per heavy atom. The number of aromatic nitrogens is 2. The molecule has 3 nitrogen and oxygen atoms in total. The Morgan fingerprint density at radius 1 is 0.647 bits per heavy atom. The van der Waals surface area contributed by atoms with Gasteiger partial charge in [-0.05, 0) is 17.9 Å². The normalized spacial score (nSPS) is 11.9. The van der Waals surface area contributed by atoms with Crippen LogP contribution in [-0.2, 0) is 26.5 Å². The molecule has 0 saturated carbocycles. The Bertz CT molecular complexity index is 2220. The van der Waals surface area contributed by atoms with Crippen molar-refractivity contribution < 1.29 is 24.5 Å². The van der Waals surface area contributed by atoms with E-state index in [-0.39, 0.29) is 25.5 Å². The predicted molar refractivity (Wildman–Crippen MR) is 219 cm³/mol. The molecule has 0 N–H and O–H groups in total. The molecule has 7 aromatic rings. The van der Waals surface area contributed by atoms with E-state index in [0.717, 1.165) is 50.9 Å². The van der Waals surface area contributed by atoms with Crippen LogP contribution < -0.4 is 8.79 Å². The fourth-order valence-electron chi connectivity index (χ4n) is 6.16. The molecule has 7 rings (SSSR count). The maximum absolute atomic E-state index is 6.46. The van der Waals surface area contributed by atoms with Crippen LogP contribution in [0.15, 0.2) is 120 Å². The molecule has 0 saturated heterocycles. The molecule has 0 aliphatic heterocycles. The monoisotopic (exact) mass is 973 g/mol. The maximum Gasteiger partial charge on any atom is 0 e. The summed E-state index contributed by atoms with van der Waals surface area (Å²) >= 11 is -3.53. The Balaban J connectivity index is 0.000000249. The number of hydrogen-bond acceptors (Lipinski definition) is 3. The van der Waals surface area contributed by atoms with E-state index < -0.39 is 26.5 Å². The van der Waals surface area contributed by atoms with E-state index in [1.54, 1.807) is 0 Å². The molecular formula is C45H48Ge2IrN2O-2. The summed E-state index contributed by atoms with van der Waals surface area (Å²) in [7, 11) is 0. The molecule has 6 heteroatoms. The van der Waals surface area contributed by atoms with E-state index in [0.29, 0.717) is 0 Å². The molecule has 0 spiro atoms. The minimum atomic E-state index is -1.82. The first-order valence-corrected chi connectivity index (χ1v) is 32.2. The number of furan rings is 1. The third-order valence-corrected chi connectivity index (χ3v) is 17.5. The van der Waals surface area contributed by atoms with E-state index in [9.17, 15) is 0 Å². The van der Waals surface area contributed by atoms with Crippen LogP contribution in [0.4, 0.5) is 0 Å². The zero-order valence-corrected chi connectivity index (χ0v) is 37.9. The Kier molecular flexibility index (Phi) is 12.0. The van der Waals surface area contributed by atoms with Gasteiger partial charge in [-0.1, -0.05) is 26.3 Å². The maximum atomic E-state index is 6.46. The average Bonchev–Trinajstić information content (AvgIpc) is 3.46. The molecule has 51 heavy (non-hydrogen) atoms. The fraction of sp³-hybridized carbons (Fsp3) is 0.244. The van der Waals surface area contributed by atoms with Gasteiger partial charge in [0.2, 0.25) is 0 Å². The van der Waals surface area contributed by atoms with Crippen molar-refractivity contribution in [3.8, 4) is 33.6 Å². The number of hydrogen-bond donors (Lipinski definition) is 0. The van der Waals surface area contributed by atoms with Crippen molar-refractivity contribution in [2.24, 2.45) is 5.41 Å². The van der Waals surface area contributed by atoms with Crippen LogP contribution in [0.25, 0.3) is 55.6 Å². The molecule has 0 aliphatic carbocycles. The summed E-state index contributed by atoms with van der Waals surface area (Å²) in [5.74, 6) is 14.4. The molecule has 0 fully saturated rings. The molecule has 0 aliphatic rings. The van der Waals surface area contributed by atoms with Crippen LogP contribution in [0.5, 0.6) is 0 Å². The van der Waals surface area contributed by atoms with Crippen molar-refractivity contribution >= 4 is 57.3 Å². The first kappa shape index (κ1) is 38.9. The van der Waals surface area contributed by atoms with Gasteiger partial charge in [0.05, 0.1) is 0 Å². The summed E-state index contributed by atoms with van der Waals surface area (Å²) in [6, 6.07) is 42.9. The second-order valence-electron chi connectivity index (χ2n) is 16.5. The summed E-state index contributed by atoms with van der Waals surface area (Å²) in [5.41, 5.74) is 9.57. The number of fused-ring (bicyclic) bond motifs is 3. The molecular weight excluding hydrogens is 922 g/mol.